The topological polar surface area (TPSA) is 257 Å². The fourth-order valence-corrected chi connectivity index (χ4v) is 4.90. The first-order valence-corrected chi connectivity index (χ1v) is 15.4. The predicted octanol–water partition coefficient (Wildman–Crippen LogP) is -3.25. The van der Waals surface area contributed by atoms with Crippen LogP contribution in [-0.2, 0) is 28.5 Å². The first-order valence-electron chi connectivity index (χ1n) is 15.4. The van der Waals surface area contributed by atoms with Gasteiger partial charge in [0.2, 0.25) is 11.8 Å². The highest BCUT2D eigenvalue weighted by molar-refractivity contribution is 5.76. The van der Waals surface area contributed by atoms with Gasteiger partial charge in [0.15, 0.2) is 12.6 Å². The van der Waals surface area contributed by atoms with E-state index in [9.17, 15) is 50.4 Å². The van der Waals surface area contributed by atoms with Crippen LogP contribution in [-0.4, -0.2) is 153 Å². The van der Waals surface area contributed by atoms with Gasteiger partial charge in [-0.25, -0.2) is 0 Å². The zero-order valence-electron chi connectivity index (χ0n) is 25.3. The Kier molecular flexibility index (Phi) is 18.1. The van der Waals surface area contributed by atoms with Gasteiger partial charge in [-0.2, -0.15) is 0 Å². The minimum atomic E-state index is -1.50. The molecule has 0 aliphatic carbocycles. The Hall–Kier alpha value is -1.54. The molecule has 44 heavy (non-hydrogen) atoms. The minimum absolute atomic E-state index is 0.0349. The van der Waals surface area contributed by atoms with E-state index in [4.69, 9.17) is 18.9 Å². The number of carbonyl (C=O) groups excluding carboxylic acids is 2. The summed E-state index contributed by atoms with van der Waals surface area (Å²) in [6, 6.07) is -0.0349. The molecule has 2 fully saturated rings. The Bertz CT molecular complexity index is 821. The maximum absolute atomic E-state index is 12.2. The van der Waals surface area contributed by atoms with Crippen molar-refractivity contribution in [3.8, 4) is 0 Å². The lowest BCUT2D eigenvalue weighted by Gasteiger charge is -2.39. The summed E-state index contributed by atoms with van der Waals surface area (Å²) >= 11 is 0. The molecule has 2 amide bonds. The van der Waals surface area contributed by atoms with E-state index in [0.717, 1.165) is 19.3 Å². The van der Waals surface area contributed by atoms with Crippen molar-refractivity contribution in [2.75, 3.05) is 33.0 Å². The maximum Gasteiger partial charge on any atom is 0.220 e. The van der Waals surface area contributed by atoms with Gasteiger partial charge >= 0.3 is 0 Å². The summed E-state index contributed by atoms with van der Waals surface area (Å²) in [6.45, 7) is 1.68. The van der Waals surface area contributed by atoms with Crippen LogP contribution in [0.15, 0.2) is 0 Å². The van der Waals surface area contributed by atoms with Crippen molar-refractivity contribution in [2.24, 2.45) is 0 Å². The SMILES string of the molecule is CC(CCCCNC(=O)CCCCOC1OC(CO)[C@H](O)C(O)C1O)NC(=O)CCCCOC1OC(CO)C(O)C(O)C1O. The molecule has 0 aromatic carbocycles. The fourth-order valence-electron chi connectivity index (χ4n) is 4.90. The van der Waals surface area contributed by atoms with Gasteiger partial charge in [0.25, 0.3) is 0 Å². The van der Waals surface area contributed by atoms with E-state index in [-0.39, 0.29) is 43.9 Å². The third kappa shape index (κ3) is 12.7. The molecular formula is C28H52N2O14. The van der Waals surface area contributed by atoms with Gasteiger partial charge in [-0.3, -0.25) is 9.59 Å². The highest BCUT2D eigenvalue weighted by Gasteiger charge is 2.45. The molecule has 0 spiro atoms. The predicted molar refractivity (Wildman–Crippen MR) is 152 cm³/mol. The molecule has 258 valence electrons. The van der Waals surface area contributed by atoms with E-state index in [2.05, 4.69) is 10.6 Å². The van der Waals surface area contributed by atoms with Crippen LogP contribution in [0.1, 0.15) is 64.7 Å². The van der Waals surface area contributed by atoms with Gasteiger partial charge in [-0.15, -0.1) is 0 Å². The van der Waals surface area contributed by atoms with E-state index in [1.165, 1.54) is 0 Å². The van der Waals surface area contributed by atoms with Crippen LogP contribution >= 0.6 is 0 Å². The second-order valence-corrected chi connectivity index (χ2v) is 11.4. The van der Waals surface area contributed by atoms with Crippen LogP contribution in [0.3, 0.4) is 0 Å². The minimum Gasteiger partial charge on any atom is -0.394 e. The molecule has 2 aliphatic heterocycles. The van der Waals surface area contributed by atoms with Gasteiger partial charge in [-0.1, -0.05) is 0 Å². The Balaban J connectivity index is 1.44. The van der Waals surface area contributed by atoms with Crippen LogP contribution in [0.4, 0.5) is 0 Å². The van der Waals surface area contributed by atoms with Crippen LogP contribution in [0, 0.1) is 0 Å². The number of amides is 2. The maximum atomic E-state index is 12.2. The summed E-state index contributed by atoms with van der Waals surface area (Å²) in [5.41, 5.74) is 0. The van der Waals surface area contributed by atoms with Crippen LogP contribution in [0.5, 0.6) is 0 Å². The second kappa shape index (κ2) is 20.6. The van der Waals surface area contributed by atoms with E-state index >= 15 is 0 Å². The van der Waals surface area contributed by atoms with Crippen LogP contribution in [0.25, 0.3) is 0 Å². The smallest absolute Gasteiger partial charge is 0.220 e. The molecule has 10 N–H and O–H groups in total. The summed E-state index contributed by atoms with van der Waals surface area (Å²) in [6.07, 6.45) is -8.26. The lowest BCUT2D eigenvalue weighted by Crippen LogP contribution is -2.59. The molecule has 0 saturated carbocycles. The lowest BCUT2D eigenvalue weighted by atomic mass is 9.99. The van der Waals surface area contributed by atoms with E-state index in [1.54, 1.807) is 0 Å². The Morgan fingerprint density at radius 1 is 0.659 bits per heavy atom. The van der Waals surface area contributed by atoms with Crippen molar-refractivity contribution in [1.82, 2.24) is 10.6 Å². The summed E-state index contributed by atoms with van der Waals surface area (Å²) in [7, 11) is 0. The average Bonchev–Trinajstić information content (AvgIpc) is 3.00. The summed E-state index contributed by atoms with van der Waals surface area (Å²) in [5, 5.41) is 83.2. The largest absolute Gasteiger partial charge is 0.394 e. The molecule has 11 atom stereocenters. The molecule has 2 heterocycles. The summed E-state index contributed by atoms with van der Waals surface area (Å²) in [4.78, 5) is 24.2. The number of hydrogen-bond donors (Lipinski definition) is 10. The van der Waals surface area contributed by atoms with Crippen molar-refractivity contribution >= 4 is 11.8 Å². The van der Waals surface area contributed by atoms with Crippen molar-refractivity contribution in [1.29, 1.82) is 0 Å². The third-order valence-electron chi connectivity index (χ3n) is 7.65. The lowest BCUT2D eigenvalue weighted by molar-refractivity contribution is -0.301. The van der Waals surface area contributed by atoms with Crippen molar-refractivity contribution in [3.05, 3.63) is 0 Å². The van der Waals surface area contributed by atoms with Crippen molar-refractivity contribution < 1.29 is 69.4 Å². The van der Waals surface area contributed by atoms with Crippen LogP contribution in [0.2, 0.25) is 0 Å². The van der Waals surface area contributed by atoms with Gasteiger partial charge in [0, 0.05) is 38.6 Å². The average molecular weight is 641 g/mol. The summed E-state index contributed by atoms with van der Waals surface area (Å²) in [5.74, 6) is -0.205. The quantitative estimate of drug-likeness (QED) is 0.0587. The van der Waals surface area contributed by atoms with Gasteiger partial charge in [-0.05, 0) is 51.9 Å². The molecule has 0 bridgehead atoms. The summed E-state index contributed by atoms with van der Waals surface area (Å²) < 4.78 is 21.4. The molecule has 10 unspecified atom stereocenters. The van der Waals surface area contributed by atoms with Crippen molar-refractivity contribution in [3.63, 3.8) is 0 Å². The Morgan fingerprint density at radius 2 is 1.14 bits per heavy atom. The normalized spacial score (nSPS) is 33.1. The molecule has 2 rings (SSSR count). The number of aliphatic hydroxyl groups excluding tert-OH is 8. The highest BCUT2D eigenvalue weighted by Crippen LogP contribution is 2.23. The Labute approximate surface area is 257 Å². The molecule has 0 aromatic heterocycles. The van der Waals surface area contributed by atoms with Crippen molar-refractivity contribution in [2.45, 2.75) is 132 Å². The molecule has 16 nitrogen and oxygen atoms in total. The molecule has 0 radical (unpaired) electrons. The van der Waals surface area contributed by atoms with E-state index in [0.29, 0.717) is 32.2 Å². The van der Waals surface area contributed by atoms with E-state index in [1.807, 2.05) is 6.92 Å². The van der Waals surface area contributed by atoms with Gasteiger partial charge < -0.3 is 70.4 Å². The zero-order valence-corrected chi connectivity index (χ0v) is 25.3. The number of rotatable bonds is 20. The first-order chi connectivity index (χ1) is 21.0. The standard InChI is InChI=1S/C28H52N2O14/c1-16(30-20(34)10-4-7-13-42-28-26(40)24(38)22(36)18(15-32)44-28)8-2-5-11-29-19(33)9-3-6-12-41-27-25(39)23(37)21(35)17(14-31)43-27/h16-18,21-28,31-32,35-40H,2-15H2,1H3,(H,29,33)(H,30,34)/t16?,17?,18?,21-,22?,23?,24?,25?,26?,27?,28?/m0/s1. The number of carbonyl (C=O) groups is 2. The highest BCUT2D eigenvalue weighted by atomic mass is 16.7. The third-order valence-corrected chi connectivity index (χ3v) is 7.65. The number of ether oxygens (including phenoxy) is 4. The van der Waals surface area contributed by atoms with Crippen LogP contribution < -0.4 is 10.6 Å². The molecule has 2 saturated heterocycles. The second-order valence-electron chi connectivity index (χ2n) is 11.4. The number of aliphatic hydroxyl groups is 8. The van der Waals surface area contributed by atoms with E-state index < -0.39 is 74.6 Å². The number of nitrogens with one attached hydrogen (secondary N) is 2. The molecule has 16 heteroatoms. The fraction of sp³-hybridized carbons (Fsp3) is 0.929. The molecule has 0 aromatic rings. The zero-order chi connectivity index (χ0) is 32.6. The monoisotopic (exact) mass is 640 g/mol. The number of hydrogen-bond acceptors (Lipinski definition) is 14. The van der Waals surface area contributed by atoms with Gasteiger partial charge in [0.05, 0.1) is 13.2 Å². The number of unbranched alkanes of at least 4 members (excludes halogenated alkanes) is 3. The first kappa shape index (κ1) is 38.6. The Morgan fingerprint density at radius 3 is 1.61 bits per heavy atom. The molecular weight excluding hydrogens is 588 g/mol. The molecule has 2 aliphatic rings. The van der Waals surface area contributed by atoms with Gasteiger partial charge in [0.1, 0.15) is 48.8 Å².